The van der Waals surface area contributed by atoms with Crippen LogP contribution in [0.5, 0.6) is 0 Å². The quantitative estimate of drug-likeness (QED) is 0.823. The molecule has 0 spiro atoms. The van der Waals surface area contributed by atoms with E-state index in [9.17, 15) is 4.79 Å². The van der Waals surface area contributed by atoms with Crippen molar-refractivity contribution in [2.75, 3.05) is 5.32 Å². The van der Waals surface area contributed by atoms with Crippen LogP contribution in [-0.4, -0.2) is 5.91 Å². The van der Waals surface area contributed by atoms with Crippen molar-refractivity contribution in [1.82, 2.24) is 0 Å². The molecule has 1 amide bonds. The van der Waals surface area contributed by atoms with Crippen molar-refractivity contribution in [3.63, 3.8) is 0 Å². The summed E-state index contributed by atoms with van der Waals surface area (Å²) in [6.45, 7) is 8.16. The maximum Gasteiger partial charge on any atom is 0.231 e. The Morgan fingerprint density at radius 2 is 2.06 bits per heavy atom. The van der Waals surface area contributed by atoms with Crippen molar-refractivity contribution in [2.45, 2.75) is 46.1 Å². The minimum Gasteiger partial charge on any atom is -0.325 e. The number of fused-ring (bicyclic) bond motifs is 1. The number of hydrogen-bond donors (Lipinski definition) is 2. The van der Waals surface area contributed by atoms with Crippen LogP contribution < -0.4 is 11.1 Å². The third-order valence-electron chi connectivity index (χ3n) is 3.92. The lowest BCUT2D eigenvalue weighted by Crippen LogP contribution is -2.12. The van der Waals surface area contributed by atoms with Gasteiger partial charge in [-0.25, -0.2) is 0 Å². The highest BCUT2D eigenvalue weighted by atomic mass is 16.2. The average Bonchev–Trinajstić information content (AvgIpc) is 2.60. The first-order valence-electron chi connectivity index (χ1n) is 6.17. The molecule has 3 nitrogen and oxygen atoms in total. The van der Waals surface area contributed by atoms with E-state index in [1.807, 2.05) is 6.92 Å². The minimum atomic E-state index is -0.0629. The highest BCUT2D eigenvalue weighted by molar-refractivity contribution is 6.03. The van der Waals surface area contributed by atoms with Crippen LogP contribution in [0, 0.1) is 13.8 Å². The number of carbonyl (C=O) groups excluding carboxylic acids is 1. The van der Waals surface area contributed by atoms with E-state index < -0.39 is 0 Å². The average molecular weight is 232 g/mol. The lowest BCUT2D eigenvalue weighted by Gasteiger charge is -2.18. The number of rotatable bonds is 2. The van der Waals surface area contributed by atoms with Gasteiger partial charge in [0.25, 0.3) is 0 Å². The summed E-state index contributed by atoms with van der Waals surface area (Å²) >= 11 is 0. The standard InChI is InChI=1S/C14H20N2O/c1-5-12(15)10-6-11-9(4)14(17)16-13(11)8(3)7(10)2/h6,9,12H,5,15H2,1-4H3,(H,16,17). The molecule has 17 heavy (non-hydrogen) atoms. The van der Waals surface area contributed by atoms with Gasteiger partial charge >= 0.3 is 0 Å². The SMILES string of the molecule is CCC(N)c1cc2c(c(C)c1C)NC(=O)C2C. The van der Waals surface area contributed by atoms with Crippen molar-refractivity contribution < 1.29 is 4.79 Å². The fourth-order valence-electron chi connectivity index (χ4n) is 2.45. The summed E-state index contributed by atoms with van der Waals surface area (Å²) in [6.07, 6.45) is 0.912. The maximum absolute atomic E-state index is 11.7. The predicted octanol–water partition coefficient (Wildman–Crippen LogP) is 2.77. The number of carbonyl (C=O) groups is 1. The molecule has 3 N–H and O–H groups in total. The van der Waals surface area contributed by atoms with E-state index in [4.69, 9.17) is 5.73 Å². The highest BCUT2D eigenvalue weighted by Crippen LogP contribution is 2.39. The molecule has 2 rings (SSSR count). The third-order valence-corrected chi connectivity index (χ3v) is 3.92. The van der Waals surface area contributed by atoms with Gasteiger partial charge in [-0.05, 0) is 49.4 Å². The molecule has 0 aromatic heterocycles. The number of amides is 1. The normalized spacial score (nSPS) is 20.1. The Hall–Kier alpha value is -1.35. The fraction of sp³-hybridized carbons (Fsp3) is 0.500. The molecule has 0 saturated heterocycles. The van der Waals surface area contributed by atoms with Gasteiger partial charge in [0, 0.05) is 11.7 Å². The molecular formula is C14H20N2O. The molecule has 0 saturated carbocycles. The van der Waals surface area contributed by atoms with Crippen molar-refractivity contribution in [3.8, 4) is 0 Å². The van der Waals surface area contributed by atoms with Gasteiger partial charge in [0.05, 0.1) is 5.92 Å². The molecule has 0 fully saturated rings. The number of anilines is 1. The van der Waals surface area contributed by atoms with Gasteiger partial charge in [0.2, 0.25) is 5.91 Å². The van der Waals surface area contributed by atoms with Crippen molar-refractivity contribution in [1.29, 1.82) is 0 Å². The smallest absolute Gasteiger partial charge is 0.231 e. The number of benzene rings is 1. The minimum absolute atomic E-state index is 0.0573. The molecule has 1 aliphatic rings. The zero-order valence-electron chi connectivity index (χ0n) is 10.9. The van der Waals surface area contributed by atoms with Gasteiger partial charge in [-0.2, -0.15) is 0 Å². The van der Waals surface area contributed by atoms with Crippen LogP contribution in [-0.2, 0) is 4.79 Å². The Labute approximate surface area is 102 Å². The Morgan fingerprint density at radius 3 is 2.65 bits per heavy atom. The lowest BCUT2D eigenvalue weighted by molar-refractivity contribution is -0.116. The molecule has 1 aromatic rings. The summed E-state index contributed by atoms with van der Waals surface area (Å²) < 4.78 is 0. The third kappa shape index (κ3) is 1.75. The Balaban J connectivity index is 2.61. The van der Waals surface area contributed by atoms with E-state index >= 15 is 0 Å². The molecule has 0 radical (unpaired) electrons. The van der Waals surface area contributed by atoms with Gasteiger partial charge in [0.1, 0.15) is 0 Å². The number of hydrogen-bond acceptors (Lipinski definition) is 2. The molecule has 1 heterocycles. The maximum atomic E-state index is 11.7. The molecule has 0 aliphatic carbocycles. The van der Waals surface area contributed by atoms with E-state index in [0.717, 1.165) is 23.2 Å². The van der Waals surface area contributed by atoms with Gasteiger partial charge in [0.15, 0.2) is 0 Å². The van der Waals surface area contributed by atoms with E-state index in [1.54, 1.807) is 0 Å². The van der Waals surface area contributed by atoms with Crippen LogP contribution in [0.1, 0.15) is 54.5 Å². The zero-order valence-corrected chi connectivity index (χ0v) is 10.9. The number of nitrogens with two attached hydrogens (primary N) is 1. The second-order valence-corrected chi connectivity index (χ2v) is 4.91. The summed E-state index contributed by atoms with van der Waals surface area (Å²) in [6, 6.07) is 2.16. The molecule has 1 aromatic carbocycles. The first-order valence-corrected chi connectivity index (χ1v) is 6.17. The monoisotopic (exact) mass is 232 g/mol. The van der Waals surface area contributed by atoms with Gasteiger partial charge in [-0.1, -0.05) is 13.0 Å². The first kappa shape index (κ1) is 12.1. The van der Waals surface area contributed by atoms with E-state index in [-0.39, 0.29) is 17.9 Å². The summed E-state index contributed by atoms with van der Waals surface area (Å²) in [7, 11) is 0. The van der Waals surface area contributed by atoms with Crippen molar-refractivity contribution in [3.05, 3.63) is 28.3 Å². The van der Waals surface area contributed by atoms with Crippen LogP contribution in [0.25, 0.3) is 0 Å². The molecular weight excluding hydrogens is 212 g/mol. The second kappa shape index (κ2) is 4.15. The summed E-state index contributed by atoms with van der Waals surface area (Å²) in [5, 5.41) is 2.96. The number of nitrogens with one attached hydrogen (secondary N) is 1. The van der Waals surface area contributed by atoms with Crippen LogP contribution in [0.4, 0.5) is 5.69 Å². The summed E-state index contributed by atoms with van der Waals surface area (Å²) in [4.78, 5) is 11.7. The molecule has 2 unspecified atom stereocenters. The van der Waals surface area contributed by atoms with Crippen molar-refractivity contribution >= 4 is 11.6 Å². The largest absolute Gasteiger partial charge is 0.325 e. The van der Waals surface area contributed by atoms with Crippen LogP contribution in [0.3, 0.4) is 0 Å². The van der Waals surface area contributed by atoms with Gasteiger partial charge in [-0.3, -0.25) is 4.79 Å². The topological polar surface area (TPSA) is 55.1 Å². The van der Waals surface area contributed by atoms with Crippen LogP contribution in [0.15, 0.2) is 6.07 Å². The van der Waals surface area contributed by atoms with E-state index in [1.165, 1.54) is 11.1 Å². The van der Waals surface area contributed by atoms with Gasteiger partial charge < -0.3 is 11.1 Å². The first-order chi connectivity index (χ1) is 7.97. The molecule has 3 heteroatoms. The lowest BCUT2D eigenvalue weighted by atomic mass is 9.90. The van der Waals surface area contributed by atoms with E-state index in [0.29, 0.717) is 0 Å². The molecule has 92 valence electrons. The Bertz CT molecular complexity index is 480. The summed E-state index contributed by atoms with van der Waals surface area (Å²) in [5.41, 5.74) is 11.7. The molecule has 2 atom stereocenters. The second-order valence-electron chi connectivity index (χ2n) is 4.91. The van der Waals surface area contributed by atoms with Crippen LogP contribution >= 0.6 is 0 Å². The van der Waals surface area contributed by atoms with Crippen molar-refractivity contribution in [2.24, 2.45) is 5.73 Å². The zero-order chi connectivity index (χ0) is 12.7. The van der Waals surface area contributed by atoms with Crippen LogP contribution in [0.2, 0.25) is 0 Å². The molecule has 0 bridgehead atoms. The predicted molar refractivity (Wildman–Crippen MR) is 70.2 cm³/mol. The Morgan fingerprint density at radius 1 is 1.41 bits per heavy atom. The Kier molecular flexibility index (Phi) is 2.96. The van der Waals surface area contributed by atoms with Gasteiger partial charge in [-0.15, -0.1) is 0 Å². The highest BCUT2D eigenvalue weighted by Gasteiger charge is 2.29. The fourth-order valence-corrected chi connectivity index (χ4v) is 2.45. The van der Waals surface area contributed by atoms with E-state index in [2.05, 4.69) is 32.2 Å². The molecule has 1 aliphatic heterocycles. The summed E-state index contributed by atoms with van der Waals surface area (Å²) in [5.74, 6) is 0.0248.